The topological polar surface area (TPSA) is 157 Å². The molecule has 2 rings (SSSR count). The van der Waals surface area contributed by atoms with Gasteiger partial charge < -0.3 is 35.4 Å². The normalized spacial score (nSPS) is 32.3. The first-order valence-corrected chi connectivity index (χ1v) is 6.51. The Morgan fingerprint density at radius 2 is 1.73 bits per heavy atom. The number of hydrogen-bond donors (Lipinski definition) is 5. The van der Waals surface area contributed by atoms with Gasteiger partial charge in [-0.05, 0) is 5.56 Å². The second-order valence-electron chi connectivity index (χ2n) is 4.64. The van der Waals surface area contributed by atoms with Crippen LogP contribution in [-0.4, -0.2) is 62.8 Å². The predicted octanol–water partition coefficient (Wildman–Crippen LogP) is -2.61. The van der Waals surface area contributed by atoms with Crippen molar-refractivity contribution in [3.8, 4) is 6.07 Å². The summed E-state index contributed by atoms with van der Waals surface area (Å²) in [6, 6.07) is 10.6. The second-order valence-corrected chi connectivity index (χ2v) is 4.64. The predicted molar refractivity (Wildman–Crippen MR) is 70.8 cm³/mol. The van der Waals surface area contributed by atoms with Crippen LogP contribution in [0.2, 0.25) is 0 Å². The number of hydrogen-bond acceptors (Lipinski definition) is 8. The van der Waals surface area contributed by atoms with Gasteiger partial charge in [-0.2, -0.15) is 5.26 Å². The van der Waals surface area contributed by atoms with Crippen molar-refractivity contribution in [2.24, 2.45) is 0 Å². The van der Waals surface area contributed by atoms with Gasteiger partial charge in [0, 0.05) is 6.29 Å². The van der Waals surface area contributed by atoms with Crippen molar-refractivity contribution in [1.29, 1.82) is 5.26 Å². The molecule has 1 heterocycles. The highest BCUT2D eigenvalue weighted by Crippen LogP contribution is 2.17. The van der Waals surface area contributed by atoms with E-state index in [1.807, 2.05) is 6.07 Å². The molecule has 0 aliphatic carbocycles. The molecule has 0 amide bonds. The third kappa shape index (κ3) is 4.72. The zero-order valence-corrected chi connectivity index (χ0v) is 11.6. The van der Waals surface area contributed by atoms with Crippen molar-refractivity contribution < 1.29 is 35.4 Å². The first kappa shape index (κ1) is 18.5. The Bertz CT molecular complexity index is 473. The SMILES string of the molecule is N#C[C@H](O)c1ccccc1.[O-][C@@H]1O[C@H](CO)[C@@H](O)[C@H](O)[C@H]1O. The lowest BCUT2D eigenvalue weighted by molar-refractivity contribution is -0.532. The Hall–Kier alpha value is -1.57. The Labute approximate surface area is 127 Å². The fourth-order valence-electron chi connectivity index (χ4n) is 1.78. The van der Waals surface area contributed by atoms with Crippen LogP contribution in [0, 0.1) is 11.3 Å². The minimum atomic E-state index is -1.82. The molecule has 0 unspecified atom stereocenters. The summed E-state index contributed by atoms with van der Waals surface area (Å²) < 4.78 is 4.46. The van der Waals surface area contributed by atoms with E-state index in [0.29, 0.717) is 5.56 Å². The number of nitrogens with zero attached hydrogens (tertiary/aromatic N) is 1. The molecular formula is C14H18NO7-. The fourth-order valence-corrected chi connectivity index (χ4v) is 1.78. The first-order valence-electron chi connectivity index (χ1n) is 6.51. The molecule has 1 aromatic rings. The van der Waals surface area contributed by atoms with E-state index in [1.54, 1.807) is 30.3 Å². The minimum Gasteiger partial charge on any atom is -0.829 e. The molecule has 122 valence electrons. The molecule has 1 aromatic carbocycles. The number of rotatable bonds is 2. The van der Waals surface area contributed by atoms with Crippen LogP contribution < -0.4 is 5.11 Å². The van der Waals surface area contributed by atoms with Crippen LogP contribution in [-0.2, 0) is 4.74 Å². The smallest absolute Gasteiger partial charge is 0.165 e. The number of aliphatic hydroxyl groups is 5. The lowest BCUT2D eigenvalue weighted by atomic mass is 10.00. The molecule has 5 N–H and O–H groups in total. The third-order valence-electron chi connectivity index (χ3n) is 3.09. The monoisotopic (exact) mass is 312 g/mol. The summed E-state index contributed by atoms with van der Waals surface area (Å²) in [4.78, 5) is 0. The van der Waals surface area contributed by atoms with Crippen molar-refractivity contribution in [1.82, 2.24) is 0 Å². The Morgan fingerprint density at radius 3 is 2.23 bits per heavy atom. The molecular weight excluding hydrogens is 294 g/mol. The molecule has 8 nitrogen and oxygen atoms in total. The zero-order valence-electron chi connectivity index (χ0n) is 11.6. The average Bonchev–Trinajstić information content (AvgIpc) is 2.56. The molecule has 8 heteroatoms. The lowest BCUT2D eigenvalue weighted by Gasteiger charge is -2.43. The molecule has 0 bridgehead atoms. The number of ether oxygens (including phenoxy) is 1. The van der Waals surface area contributed by atoms with Crippen LogP contribution in [0.4, 0.5) is 0 Å². The van der Waals surface area contributed by atoms with Crippen molar-refractivity contribution in [3.63, 3.8) is 0 Å². The van der Waals surface area contributed by atoms with Gasteiger partial charge in [0.05, 0.1) is 18.8 Å². The standard InChI is InChI=1S/C8H7NO.C6H11O6/c9-6-8(10)7-4-2-1-3-5-7;7-1-2-3(8)4(9)5(10)6(11)12-2/h1-5,8,10H;2-10H,1H2/q;-1/t8-;2-,3-,4+,5-,6-/m01/s1. The van der Waals surface area contributed by atoms with Crippen LogP contribution in [0.25, 0.3) is 0 Å². The molecule has 1 aliphatic heterocycles. The van der Waals surface area contributed by atoms with Gasteiger partial charge in [-0.1, -0.05) is 30.3 Å². The molecule has 0 spiro atoms. The Balaban J connectivity index is 0.000000224. The summed E-state index contributed by atoms with van der Waals surface area (Å²) in [5.41, 5.74) is 0.644. The number of nitriles is 1. The van der Waals surface area contributed by atoms with Crippen molar-refractivity contribution in [2.75, 3.05) is 6.61 Å². The van der Waals surface area contributed by atoms with E-state index in [1.165, 1.54) is 0 Å². The summed E-state index contributed by atoms with van der Waals surface area (Å²) in [6.45, 7) is -0.566. The van der Waals surface area contributed by atoms with Gasteiger partial charge in [0.1, 0.15) is 18.3 Å². The average molecular weight is 312 g/mol. The van der Waals surface area contributed by atoms with E-state index >= 15 is 0 Å². The van der Waals surface area contributed by atoms with Crippen molar-refractivity contribution >= 4 is 0 Å². The molecule has 1 aliphatic rings. The van der Waals surface area contributed by atoms with Gasteiger partial charge in [-0.15, -0.1) is 0 Å². The highest BCUT2D eigenvalue weighted by atomic mass is 16.6. The fraction of sp³-hybridized carbons (Fsp3) is 0.500. The zero-order chi connectivity index (χ0) is 16.7. The summed E-state index contributed by atoms with van der Waals surface area (Å²) in [6.07, 6.45) is -8.55. The van der Waals surface area contributed by atoms with E-state index in [4.69, 9.17) is 30.8 Å². The molecule has 22 heavy (non-hydrogen) atoms. The number of aliphatic hydroxyl groups excluding tert-OH is 5. The molecule has 0 radical (unpaired) electrons. The van der Waals surface area contributed by atoms with Gasteiger partial charge in [0.2, 0.25) is 0 Å². The maximum atomic E-state index is 10.7. The van der Waals surface area contributed by atoms with Gasteiger partial charge in [-0.25, -0.2) is 0 Å². The summed E-state index contributed by atoms with van der Waals surface area (Å²) in [7, 11) is 0. The maximum absolute atomic E-state index is 10.7. The van der Waals surface area contributed by atoms with Crippen LogP contribution in [0.1, 0.15) is 11.7 Å². The van der Waals surface area contributed by atoms with Gasteiger partial charge in [0.25, 0.3) is 0 Å². The van der Waals surface area contributed by atoms with Crippen molar-refractivity contribution in [2.45, 2.75) is 36.8 Å². The molecule has 1 fully saturated rings. The van der Waals surface area contributed by atoms with Crippen LogP contribution in [0.5, 0.6) is 0 Å². The van der Waals surface area contributed by atoms with Crippen LogP contribution >= 0.6 is 0 Å². The van der Waals surface area contributed by atoms with Gasteiger partial charge in [0.15, 0.2) is 6.10 Å². The van der Waals surface area contributed by atoms with E-state index in [-0.39, 0.29) is 0 Å². The Kier molecular flexibility index (Phi) is 7.37. The quantitative estimate of drug-likeness (QED) is 0.372. The van der Waals surface area contributed by atoms with E-state index in [2.05, 4.69) is 4.74 Å². The highest BCUT2D eigenvalue weighted by molar-refractivity contribution is 5.21. The largest absolute Gasteiger partial charge is 0.829 e. The summed E-state index contributed by atoms with van der Waals surface area (Å²) in [5.74, 6) is 0. The van der Waals surface area contributed by atoms with Crippen LogP contribution in [0.15, 0.2) is 30.3 Å². The summed E-state index contributed by atoms with van der Waals surface area (Å²) in [5, 5.41) is 63.6. The third-order valence-corrected chi connectivity index (χ3v) is 3.09. The molecule has 6 atom stereocenters. The van der Waals surface area contributed by atoms with Crippen molar-refractivity contribution in [3.05, 3.63) is 35.9 Å². The van der Waals surface area contributed by atoms with E-state index in [9.17, 15) is 5.11 Å². The summed E-state index contributed by atoms with van der Waals surface area (Å²) >= 11 is 0. The number of benzene rings is 1. The van der Waals surface area contributed by atoms with Crippen LogP contribution in [0.3, 0.4) is 0 Å². The molecule has 0 aromatic heterocycles. The maximum Gasteiger partial charge on any atom is 0.165 e. The van der Waals surface area contributed by atoms with Gasteiger partial charge >= 0.3 is 0 Å². The Morgan fingerprint density at radius 1 is 1.14 bits per heavy atom. The lowest BCUT2D eigenvalue weighted by Crippen LogP contribution is -2.62. The minimum absolute atomic E-state index is 0.566. The van der Waals surface area contributed by atoms with E-state index in [0.717, 1.165) is 0 Å². The first-order chi connectivity index (χ1) is 10.4. The second kappa shape index (κ2) is 8.77. The molecule has 0 saturated carbocycles. The molecule has 1 saturated heterocycles. The highest BCUT2D eigenvalue weighted by Gasteiger charge is 2.38. The van der Waals surface area contributed by atoms with E-state index < -0.39 is 43.4 Å². The van der Waals surface area contributed by atoms with Gasteiger partial charge in [-0.3, -0.25) is 0 Å².